The van der Waals surface area contributed by atoms with Crippen LogP contribution in [0.2, 0.25) is 0 Å². The van der Waals surface area contributed by atoms with Crippen LogP contribution in [0.25, 0.3) is 0 Å². The van der Waals surface area contributed by atoms with Gasteiger partial charge in [0.15, 0.2) is 9.84 Å². The summed E-state index contributed by atoms with van der Waals surface area (Å²) in [6.07, 6.45) is -4.35. The van der Waals surface area contributed by atoms with Crippen molar-refractivity contribution < 1.29 is 35.5 Å². The number of hydrogen-bond acceptors (Lipinski definition) is 4. The molecule has 0 spiro atoms. The van der Waals surface area contributed by atoms with E-state index in [0.717, 1.165) is 23.8 Å². The number of hydrogen-bond donors (Lipinski definition) is 0. The lowest BCUT2D eigenvalue weighted by Gasteiger charge is -2.34. The third kappa shape index (κ3) is 5.30. The van der Waals surface area contributed by atoms with Crippen molar-refractivity contribution in [2.24, 2.45) is 5.92 Å². The first kappa shape index (κ1) is 23.9. The Morgan fingerprint density at radius 3 is 2.09 bits per heavy atom. The number of halogens is 4. The maximum atomic E-state index is 13.0. The first-order valence-corrected chi connectivity index (χ1v) is 12.0. The molecule has 1 saturated carbocycles. The lowest BCUT2D eigenvalue weighted by Crippen LogP contribution is -2.40. The molecule has 0 unspecified atom stereocenters. The monoisotopic (exact) mass is 492 g/mol. The van der Waals surface area contributed by atoms with Gasteiger partial charge in [-0.25, -0.2) is 12.8 Å². The third-order valence-electron chi connectivity index (χ3n) is 5.83. The molecule has 0 N–H and O–H groups in total. The van der Waals surface area contributed by atoms with Crippen LogP contribution in [-0.2, 0) is 27.2 Å². The number of sulfone groups is 1. The topological polar surface area (TPSA) is 60.4 Å². The summed E-state index contributed by atoms with van der Waals surface area (Å²) in [5.41, 5.74) is -0.298. The van der Waals surface area contributed by atoms with Crippen LogP contribution in [0.5, 0.6) is 11.5 Å². The van der Waals surface area contributed by atoms with Gasteiger partial charge in [0.1, 0.15) is 23.1 Å². The van der Waals surface area contributed by atoms with Crippen molar-refractivity contribution >= 4 is 15.6 Å². The molecule has 3 aromatic rings. The molecule has 1 aliphatic carbocycles. The SMILES string of the molecule is O=C(Cc1ccc(Oc2ccc(F)cc2)cc1)C1CC(S(=O)(=O)c2cccc(C(F)(F)F)c2)C1. The van der Waals surface area contributed by atoms with Gasteiger partial charge in [-0.1, -0.05) is 18.2 Å². The molecule has 178 valence electrons. The highest BCUT2D eigenvalue weighted by molar-refractivity contribution is 7.92. The van der Waals surface area contributed by atoms with Gasteiger partial charge in [0.05, 0.1) is 15.7 Å². The largest absolute Gasteiger partial charge is 0.457 e. The Balaban J connectivity index is 1.33. The van der Waals surface area contributed by atoms with E-state index in [1.54, 1.807) is 24.3 Å². The summed E-state index contributed by atoms with van der Waals surface area (Å²) < 4.78 is 82.8. The van der Waals surface area contributed by atoms with Crippen LogP contribution in [0.3, 0.4) is 0 Å². The van der Waals surface area contributed by atoms with Crippen molar-refractivity contribution in [1.29, 1.82) is 0 Å². The third-order valence-corrected chi connectivity index (χ3v) is 8.00. The van der Waals surface area contributed by atoms with E-state index in [0.29, 0.717) is 17.6 Å². The molecule has 9 heteroatoms. The van der Waals surface area contributed by atoms with E-state index in [1.807, 2.05) is 0 Å². The number of carbonyl (C=O) groups excluding carboxylic acids is 1. The molecule has 1 fully saturated rings. The number of Topliss-reactive ketones (excluding diaryl/α,β-unsaturated/α-hetero) is 1. The first-order valence-electron chi connectivity index (χ1n) is 10.5. The van der Waals surface area contributed by atoms with Crippen LogP contribution in [-0.4, -0.2) is 19.5 Å². The second kappa shape index (κ2) is 9.21. The highest BCUT2D eigenvalue weighted by atomic mass is 32.2. The number of carbonyl (C=O) groups is 1. The lowest BCUT2D eigenvalue weighted by atomic mass is 9.80. The number of alkyl halides is 3. The highest BCUT2D eigenvalue weighted by Gasteiger charge is 2.43. The lowest BCUT2D eigenvalue weighted by molar-refractivity contribution is -0.137. The number of ketones is 1. The first-order chi connectivity index (χ1) is 16.0. The van der Waals surface area contributed by atoms with Gasteiger partial charge in [0.25, 0.3) is 0 Å². The predicted molar refractivity (Wildman–Crippen MR) is 117 cm³/mol. The Kier molecular flexibility index (Phi) is 6.49. The molecule has 4 nitrogen and oxygen atoms in total. The van der Waals surface area contributed by atoms with Crippen molar-refractivity contribution in [3.05, 3.63) is 89.7 Å². The second-order valence-electron chi connectivity index (χ2n) is 8.20. The fourth-order valence-corrected chi connectivity index (χ4v) is 5.70. The normalized spacial score (nSPS) is 18.2. The minimum atomic E-state index is -4.64. The minimum absolute atomic E-state index is 0.0865. The summed E-state index contributed by atoms with van der Waals surface area (Å²) in [7, 11) is -3.95. The van der Waals surface area contributed by atoms with Crippen LogP contribution in [0, 0.1) is 11.7 Å². The standard InChI is InChI=1S/C25H20F4O4S/c26-19-6-10-21(11-7-19)33-20-8-4-16(5-9-20)12-24(30)17-13-23(14-17)34(31,32)22-3-1-2-18(15-22)25(27,28)29/h1-11,15,17,23H,12-14H2. The number of ether oxygens (including phenoxy) is 1. The average Bonchev–Trinajstić information content (AvgIpc) is 2.75. The van der Waals surface area contributed by atoms with Crippen molar-refractivity contribution in [3.63, 3.8) is 0 Å². The van der Waals surface area contributed by atoms with Gasteiger partial charge in [0.2, 0.25) is 0 Å². The Labute approximate surface area is 194 Å². The van der Waals surface area contributed by atoms with Crippen molar-refractivity contribution in [1.82, 2.24) is 0 Å². The zero-order valence-corrected chi connectivity index (χ0v) is 18.6. The van der Waals surface area contributed by atoms with E-state index in [4.69, 9.17) is 4.74 Å². The summed E-state index contributed by atoms with van der Waals surface area (Å²) in [6.45, 7) is 0. The molecule has 4 rings (SSSR count). The molecule has 34 heavy (non-hydrogen) atoms. The second-order valence-corrected chi connectivity index (χ2v) is 10.4. The molecule has 0 bridgehead atoms. The van der Waals surface area contributed by atoms with E-state index in [9.17, 15) is 30.8 Å². The molecule has 0 amide bonds. The molecule has 3 aromatic carbocycles. The highest BCUT2D eigenvalue weighted by Crippen LogP contribution is 2.39. The molecule has 1 aliphatic rings. The summed E-state index contributed by atoms with van der Waals surface area (Å²) in [6, 6.07) is 16.0. The summed E-state index contributed by atoms with van der Waals surface area (Å²) >= 11 is 0. The van der Waals surface area contributed by atoms with Crippen LogP contribution >= 0.6 is 0 Å². The average molecular weight is 492 g/mol. The molecule has 0 aliphatic heterocycles. The van der Waals surface area contributed by atoms with Crippen LogP contribution in [0.4, 0.5) is 17.6 Å². The summed E-state index contributed by atoms with van der Waals surface area (Å²) in [5.74, 6) is 0.0249. The Morgan fingerprint density at radius 2 is 1.50 bits per heavy atom. The molecule has 0 aromatic heterocycles. The van der Waals surface area contributed by atoms with Gasteiger partial charge >= 0.3 is 6.18 Å². The van der Waals surface area contributed by atoms with Crippen molar-refractivity contribution in [2.45, 2.75) is 35.6 Å². The van der Waals surface area contributed by atoms with Gasteiger partial charge in [-0.05, 0) is 73.0 Å². The van der Waals surface area contributed by atoms with Crippen LogP contribution in [0.1, 0.15) is 24.0 Å². The molecule has 0 radical (unpaired) electrons. The van der Waals surface area contributed by atoms with Crippen LogP contribution in [0.15, 0.2) is 77.7 Å². The fraction of sp³-hybridized carbons (Fsp3) is 0.240. The number of benzene rings is 3. The molecule has 0 heterocycles. The van der Waals surface area contributed by atoms with E-state index in [2.05, 4.69) is 0 Å². The number of rotatable bonds is 7. The molecule has 0 atom stereocenters. The zero-order chi connectivity index (χ0) is 24.5. The Morgan fingerprint density at radius 1 is 0.912 bits per heavy atom. The van der Waals surface area contributed by atoms with Crippen LogP contribution < -0.4 is 4.74 Å². The Bertz CT molecular complexity index is 1280. The fourth-order valence-electron chi connectivity index (χ4n) is 3.78. The van der Waals surface area contributed by atoms with E-state index in [-0.39, 0.29) is 35.8 Å². The van der Waals surface area contributed by atoms with Gasteiger partial charge in [-0.15, -0.1) is 0 Å². The zero-order valence-electron chi connectivity index (χ0n) is 17.8. The molecule has 0 saturated heterocycles. The quantitative estimate of drug-likeness (QED) is 0.380. The van der Waals surface area contributed by atoms with Gasteiger partial charge in [0, 0.05) is 12.3 Å². The smallest absolute Gasteiger partial charge is 0.416 e. The van der Waals surface area contributed by atoms with Crippen molar-refractivity contribution in [2.75, 3.05) is 0 Å². The molecular weight excluding hydrogens is 472 g/mol. The van der Waals surface area contributed by atoms with Gasteiger partial charge < -0.3 is 4.74 Å². The van der Waals surface area contributed by atoms with Gasteiger partial charge in [-0.3, -0.25) is 4.79 Å². The predicted octanol–water partition coefficient (Wildman–Crippen LogP) is 6.00. The van der Waals surface area contributed by atoms with Crippen molar-refractivity contribution in [3.8, 4) is 11.5 Å². The molecular formula is C25H20F4O4S. The summed E-state index contributed by atoms with van der Waals surface area (Å²) in [4.78, 5) is 12.2. The minimum Gasteiger partial charge on any atom is -0.457 e. The Hall–Kier alpha value is -3.20. The van der Waals surface area contributed by atoms with E-state index in [1.165, 1.54) is 24.3 Å². The maximum Gasteiger partial charge on any atom is 0.416 e. The van der Waals surface area contributed by atoms with E-state index < -0.39 is 32.7 Å². The van der Waals surface area contributed by atoms with Gasteiger partial charge in [-0.2, -0.15) is 13.2 Å². The maximum absolute atomic E-state index is 13.0. The van der Waals surface area contributed by atoms with E-state index >= 15 is 0 Å². The summed E-state index contributed by atoms with van der Waals surface area (Å²) in [5, 5.41) is -0.878.